The molecule has 5 nitrogen and oxygen atoms in total. The van der Waals surface area contributed by atoms with Gasteiger partial charge in [0.15, 0.2) is 11.3 Å². The van der Waals surface area contributed by atoms with Gasteiger partial charge in [-0.25, -0.2) is 14.8 Å². The second kappa shape index (κ2) is 6.20. The van der Waals surface area contributed by atoms with E-state index in [1.807, 2.05) is 29.7 Å². The number of hydrogen-bond donors (Lipinski definition) is 1. The lowest BCUT2D eigenvalue weighted by atomic mass is 10.2. The minimum absolute atomic E-state index is 0.0623. The van der Waals surface area contributed by atoms with Crippen LogP contribution in [-0.4, -0.2) is 25.6 Å². The summed E-state index contributed by atoms with van der Waals surface area (Å²) in [7, 11) is 0. The number of nitrogens with zero attached hydrogens (tertiary/aromatic N) is 3. The number of carboxylic acids is 1. The highest BCUT2D eigenvalue weighted by Crippen LogP contribution is 2.21. The van der Waals surface area contributed by atoms with Crippen molar-refractivity contribution in [2.45, 2.75) is 33.2 Å². The van der Waals surface area contributed by atoms with E-state index in [4.69, 9.17) is 4.98 Å². The number of carbonyl (C=O) groups is 1. The van der Waals surface area contributed by atoms with E-state index in [9.17, 15) is 9.90 Å². The maximum Gasteiger partial charge on any atom is 0.354 e. The largest absolute Gasteiger partial charge is 0.477 e. The summed E-state index contributed by atoms with van der Waals surface area (Å²) in [5, 5.41) is 9.27. The van der Waals surface area contributed by atoms with Crippen LogP contribution in [0.15, 0.2) is 36.4 Å². The molecule has 0 aliphatic carbocycles. The highest BCUT2D eigenvalue weighted by atomic mass is 16.4. The second-order valence-electron chi connectivity index (χ2n) is 5.65. The van der Waals surface area contributed by atoms with E-state index in [0.29, 0.717) is 12.2 Å². The van der Waals surface area contributed by atoms with Crippen LogP contribution in [-0.2, 0) is 13.0 Å². The standard InChI is InChI=1S/C18H19N3O2/c1-3-7-15-20-16-12(2)10-14(18(22)23)19-17(16)21(15)11-13-8-5-4-6-9-13/h4-6,8-10H,3,7,11H2,1-2H3,(H,22,23). The van der Waals surface area contributed by atoms with Crippen LogP contribution in [0.3, 0.4) is 0 Å². The fourth-order valence-electron chi connectivity index (χ4n) is 2.74. The Morgan fingerprint density at radius 3 is 2.61 bits per heavy atom. The zero-order valence-electron chi connectivity index (χ0n) is 13.3. The highest BCUT2D eigenvalue weighted by Gasteiger charge is 2.17. The molecule has 5 heteroatoms. The molecule has 23 heavy (non-hydrogen) atoms. The average Bonchev–Trinajstić information content (AvgIpc) is 2.87. The van der Waals surface area contributed by atoms with Gasteiger partial charge in [-0.15, -0.1) is 0 Å². The van der Waals surface area contributed by atoms with E-state index in [0.717, 1.165) is 35.3 Å². The molecule has 118 valence electrons. The average molecular weight is 309 g/mol. The number of carboxylic acid groups (broad SMARTS) is 1. The predicted octanol–water partition coefficient (Wildman–Crippen LogP) is 3.44. The topological polar surface area (TPSA) is 68.0 Å². The van der Waals surface area contributed by atoms with Gasteiger partial charge >= 0.3 is 5.97 Å². The number of imidazole rings is 1. The van der Waals surface area contributed by atoms with Gasteiger partial charge in [0.1, 0.15) is 11.3 Å². The van der Waals surface area contributed by atoms with E-state index >= 15 is 0 Å². The molecule has 0 radical (unpaired) electrons. The summed E-state index contributed by atoms with van der Waals surface area (Å²) in [6, 6.07) is 11.7. The molecule has 0 unspecified atom stereocenters. The van der Waals surface area contributed by atoms with E-state index in [-0.39, 0.29) is 5.69 Å². The Morgan fingerprint density at radius 1 is 1.22 bits per heavy atom. The van der Waals surface area contributed by atoms with Crippen molar-refractivity contribution in [1.29, 1.82) is 0 Å². The molecule has 0 fully saturated rings. The lowest BCUT2D eigenvalue weighted by molar-refractivity contribution is 0.0690. The Labute approximate surface area is 134 Å². The number of fused-ring (bicyclic) bond motifs is 1. The smallest absolute Gasteiger partial charge is 0.354 e. The number of benzene rings is 1. The van der Waals surface area contributed by atoms with Crippen LogP contribution in [0.2, 0.25) is 0 Å². The third-order valence-electron chi connectivity index (χ3n) is 3.85. The van der Waals surface area contributed by atoms with Crippen LogP contribution in [0.1, 0.15) is 40.8 Å². The van der Waals surface area contributed by atoms with Crippen LogP contribution < -0.4 is 0 Å². The van der Waals surface area contributed by atoms with Crippen LogP contribution in [0.25, 0.3) is 11.2 Å². The van der Waals surface area contributed by atoms with Gasteiger partial charge in [0.05, 0.1) is 6.54 Å². The summed E-state index contributed by atoms with van der Waals surface area (Å²) in [6.07, 6.45) is 1.81. The number of aromatic carboxylic acids is 1. The first-order valence-corrected chi connectivity index (χ1v) is 7.74. The van der Waals surface area contributed by atoms with Gasteiger partial charge in [-0.05, 0) is 30.5 Å². The number of aryl methyl sites for hydroxylation is 2. The van der Waals surface area contributed by atoms with Crippen molar-refractivity contribution in [2.24, 2.45) is 0 Å². The molecule has 0 amide bonds. The third-order valence-corrected chi connectivity index (χ3v) is 3.85. The number of pyridine rings is 1. The molecule has 1 aromatic carbocycles. The van der Waals surface area contributed by atoms with Crippen molar-refractivity contribution in [2.75, 3.05) is 0 Å². The van der Waals surface area contributed by atoms with Crippen LogP contribution >= 0.6 is 0 Å². The quantitative estimate of drug-likeness (QED) is 0.784. The zero-order chi connectivity index (χ0) is 16.4. The van der Waals surface area contributed by atoms with Gasteiger partial charge in [-0.2, -0.15) is 0 Å². The Morgan fingerprint density at radius 2 is 1.96 bits per heavy atom. The van der Waals surface area contributed by atoms with Crippen molar-refractivity contribution >= 4 is 17.1 Å². The maximum atomic E-state index is 11.3. The Bertz CT molecular complexity index is 854. The molecular weight excluding hydrogens is 290 g/mol. The van der Waals surface area contributed by atoms with E-state index in [1.165, 1.54) is 0 Å². The molecule has 0 atom stereocenters. The molecule has 2 heterocycles. The first-order chi connectivity index (χ1) is 11.1. The molecule has 0 aliphatic rings. The van der Waals surface area contributed by atoms with Crippen LogP contribution in [0.4, 0.5) is 0 Å². The van der Waals surface area contributed by atoms with Gasteiger partial charge < -0.3 is 9.67 Å². The van der Waals surface area contributed by atoms with Gasteiger partial charge in [0.25, 0.3) is 0 Å². The van der Waals surface area contributed by atoms with Crippen molar-refractivity contribution in [3.05, 3.63) is 59.0 Å². The van der Waals surface area contributed by atoms with Crippen LogP contribution in [0, 0.1) is 6.92 Å². The zero-order valence-corrected chi connectivity index (χ0v) is 13.3. The molecule has 0 saturated carbocycles. The molecule has 0 saturated heterocycles. The Balaban J connectivity index is 2.19. The first-order valence-electron chi connectivity index (χ1n) is 7.74. The second-order valence-corrected chi connectivity index (χ2v) is 5.65. The number of rotatable bonds is 5. The summed E-state index contributed by atoms with van der Waals surface area (Å²) in [6.45, 7) is 4.63. The normalized spacial score (nSPS) is 11.0. The summed E-state index contributed by atoms with van der Waals surface area (Å²) in [5.74, 6) is -0.0657. The van der Waals surface area contributed by atoms with Crippen molar-refractivity contribution < 1.29 is 9.90 Å². The van der Waals surface area contributed by atoms with Crippen LogP contribution in [0.5, 0.6) is 0 Å². The number of hydrogen-bond acceptors (Lipinski definition) is 3. The molecule has 3 aromatic rings. The minimum atomic E-state index is -1.01. The summed E-state index contributed by atoms with van der Waals surface area (Å²) >= 11 is 0. The van der Waals surface area contributed by atoms with Crippen molar-refractivity contribution in [3.8, 4) is 0 Å². The fourth-order valence-corrected chi connectivity index (χ4v) is 2.74. The van der Waals surface area contributed by atoms with Gasteiger partial charge in [0.2, 0.25) is 0 Å². The van der Waals surface area contributed by atoms with Crippen molar-refractivity contribution in [1.82, 2.24) is 14.5 Å². The minimum Gasteiger partial charge on any atom is -0.477 e. The molecular formula is C18H19N3O2. The number of aromatic nitrogens is 3. The monoisotopic (exact) mass is 309 g/mol. The fraction of sp³-hybridized carbons (Fsp3) is 0.278. The molecule has 0 aliphatic heterocycles. The molecule has 2 aromatic heterocycles. The van der Waals surface area contributed by atoms with Gasteiger partial charge in [-0.1, -0.05) is 37.3 Å². The Hall–Kier alpha value is -2.69. The van der Waals surface area contributed by atoms with Gasteiger partial charge in [-0.3, -0.25) is 0 Å². The summed E-state index contributed by atoms with van der Waals surface area (Å²) < 4.78 is 2.04. The van der Waals surface area contributed by atoms with Crippen molar-refractivity contribution in [3.63, 3.8) is 0 Å². The predicted molar refractivity (Wildman–Crippen MR) is 88.8 cm³/mol. The van der Waals surface area contributed by atoms with E-state index in [1.54, 1.807) is 6.07 Å². The third kappa shape index (κ3) is 2.95. The summed E-state index contributed by atoms with van der Waals surface area (Å²) in [4.78, 5) is 20.3. The van der Waals surface area contributed by atoms with E-state index < -0.39 is 5.97 Å². The Kier molecular flexibility index (Phi) is 4.10. The summed E-state index contributed by atoms with van der Waals surface area (Å²) in [5.41, 5.74) is 3.48. The van der Waals surface area contributed by atoms with E-state index in [2.05, 4.69) is 24.0 Å². The first kappa shape index (κ1) is 15.2. The molecule has 0 bridgehead atoms. The lowest BCUT2D eigenvalue weighted by Crippen LogP contribution is -2.08. The lowest BCUT2D eigenvalue weighted by Gasteiger charge is -2.09. The molecule has 0 spiro atoms. The highest BCUT2D eigenvalue weighted by molar-refractivity contribution is 5.89. The molecule has 3 rings (SSSR count). The maximum absolute atomic E-state index is 11.3. The van der Waals surface area contributed by atoms with Gasteiger partial charge in [0, 0.05) is 6.42 Å². The molecule has 1 N–H and O–H groups in total. The SMILES string of the molecule is CCCc1nc2c(C)cc(C(=O)O)nc2n1Cc1ccccc1.